The highest BCUT2D eigenvalue weighted by Crippen LogP contribution is 2.24. The van der Waals surface area contributed by atoms with Crippen molar-refractivity contribution >= 4 is 17.6 Å². The van der Waals surface area contributed by atoms with Crippen LogP contribution in [-0.2, 0) is 11.8 Å². The maximum atomic E-state index is 12.4. The summed E-state index contributed by atoms with van der Waals surface area (Å²) in [5, 5.41) is 6.60. The highest BCUT2D eigenvalue weighted by molar-refractivity contribution is 6.07. The standard InChI is InChI=1S/C15H17N3O5/c1-18-8-12(13(17-18)15(20)23-4)16-14(19)9-5-10(21-2)7-11(6-9)22-3/h5-8H,1-4H3,(H,16,19). The summed E-state index contributed by atoms with van der Waals surface area (Å²) in [4.78, 5) is 24.1. The van der Waals surface area contributed by atoms with E-state index >= 15 is 0 Å². The van der Waals surface area contributed by atoms with Crippen molar-refractivity contribution in [2.75, 3.05) is 26.6 Å². The summed E-state index contributed by atoms with van der Waals surface area (Å²) in [6, 6.07) is 4.78. The van der Waals surface area contributed by atoms with Crippen molar-refractivity contribution in [1.82, 2.24) is 9.78 Å². The molecule has 122 valence electrons. The smallest absolute Gasteiger partial charge is 0.360 e. The predicted octanol–water partition coefficient (Wildman–Crippen LogP) is 1.48. The summed E-state index contributed by atoms with van der Waals surface area (Å²) in [6.45, 7) is 0. The first-order valence-corrected chi connectivity index (χ1v) is 6.65. The molecule has 1 amide bonds. The number of hydrogen-bond acceptors (Lipinski definition) is 6. The van der Waals surface area contributed by atoms with Gasteiger partial charge in [-0.2, -0.15) is 5.10 Å². The van der Waals surface area contributed by atoms with E-state index in [1.165, 1.54) is 32.2 Å². The fourth-order valence-electron chi connectivity index (χ4n) is 1.96. The fraction of sp³-hybridized carbons (Fsp3) is 0.267. The second-order valence-corrected chi connectivity index (χ2v) is 4.61. The van der Waals surface area contributed by atoms with E-state index in [2.05, 4.69) is 15.2 Å². The molecule has 0 saturated carbocycles. The quantitative estimate of drug-likeness (QED) is 0.839. The maximum Gasteiger partial charge on any atom is 0.360 e. The van der Waals surface area contributed by atoms with Crippen LogP contribution < -0.4 is 14.8 Å². The van der Waals surface area contributed by atoms with Crippen molar-refractivity contribution in [3.63, 3.8) is 0 Å². The van der Waals surface area contributed by atoms with Gasteiger partial charge in [-0.1, -0.05) is 0 Å². The van der Waals surface area contributed by atoms with E-state index < -0.39 is 11.9 Å². The van der Waals surface area contributed by atoms with E-state index in [1.807, 2.05) is 0 Å². The van der Waals surface area contributed by atoms with Crippen LogP contribution in [0.2, 0.25) is 0 Å². The summed E-state index contributed by atoms with van der Waals surface area (Å²) in [5.41, 5.74) is 0.602. The molecule has 0 aliphatic rings. The van der Waals surface area contributed by atoms with Gasteiger partial charge >= 0.3 is 5.97 Å². The Kier molecular flexibility index (Phi) is 4.85. The molecule has 1 N–H and O–H groups in total. The van der Waals surface area contributed by atoms with E-state index in [0.717, 1.165) is 0 Å². The number of nitrogens with one attached hydrogen (secondary N) is 1. The Morgan fingerprint density at radius 3 is 2.22 bits per heavy atom. The molecule has 0 fully saturated rings. The largest absolute Gasteiger partial charge is 0.497 e. The predicted molar refractivity (Wildman–Crippen MR) is 82.0 cm³/mol. The Labute approximate surface area is 132 Å². The van der Waals surface area contributed by atoms with E-state index in [0.29, 0.717) is 17.1 Å². The number of benzene rings is 1. The number of carbonyl (C=O) groups is 2. The second-order valence-electron chi connectivity index (χ2n) is 4.61. The highest BCUT2D eigenvalue weighted by atomic mass is 16.5. The fourth-order valence-corrected chi connectivity index (χ4v) is 1.96. The van der Waals surface area contributed by atoms with Crippen LogP contribution in [0, 0.1) is 0 Å². The summed E-state index contributed by atoms with van der Waals surface area (Å²) in [7, 11) is 5.87. The second kappa shape index (κ2) is 6.82. The normalized spacial score (nSPS) is 10.1. The Morgan fingerprint density at radius 1 is 1.09 bits per heavy atom. The molecule has 0 aliphatic carbocycles. The average Bonchev–Trinajstić information content (AvgIpc) is 2.93. The molecular weight excluding hydrogens is 302 g/mol. The summed E-state index contributed by atoms with van der Waals surface area (Å²) in [5.74, 6) is -0.104. The van der Waals surface area contributed by atoms with Crippen LogP contribution >= 0.6 is 0 Å². The molecule has 1 heterocycles. The number of methoxy groups -OCH3 is 3. The molecule has 0 saturated heterocycles. The Balaban J connectivity index is 2.31. The zero-order valence-corrected chi connectivity index (χ0v) is 13.2. The van der Waals surface area contributed by atoms with Crippen LogP contribution in [0.25, 0.3) is 0 Å². The van der Waals surface area contributed by atoms with Gasteiger partial charge in [-0.05, 0) is 12.1 Å². The molecule has 8 nitrogen and oxygen atoms in total. The topological polar surface area (TPSA) is 91.7 Å². The summed E-state index contributed by atoms with van der Waals surface area (Å²) < 4.78 is 16.3. The SMILES string of the molecule is COC(=O)c1nn(C)cc1NC(=O)c1cc(OC)cc(OC)c1. The molecule has 1 aromatic heterocycles. The molecule has 0 atom stereocenters. The van der Waals surface area contributed by atoms with E-state index in [4.69, 9.17) is 9.47 Å². The molecule has 23 heavy (non-hydrogen) atoms. The lowest BCUT2D eigenvalue weighted by atomic mass is 10.2. The van der Waals surface area contributed by atoms with Gasteiger partial charge in [-0.25, -0.2) is 4.79 Å². The van der Waals surface area contributed by atoms with Crippen molar-refractivity contribution in [1.29, 1.82) is 0 Å². The van der Waals surface area contributed by atoms with Crippen LogP contribution in [0.3, 0.4) is 0 Å². The molecule has 0 aliphatic heterocycles. The maximum absolute atomic E-state index is 12.4. The monoisotopic (exact) mass is 319 g/mol. The van der Waals surface area contributed by atoms with E-state index in [9.17, 15) is 9.59 Å². The number of ether oxygens (including phenoxy) is 3. The van der Waals surface area contributed by atoms with Gasteiger partial charge in [0.2, 0.25) is 0 Å². The van der Waals surface area contributed by atoms with Crippen LogP contribution in [-0.4, -0.2) is 43.0 Å². The third kappa shape index (κ3) is 3.60. The molecule has 8 heteroatoms. The zero-order chi connectivity index (χ0) is 17.0. The van der Waals surface area contributed by atoms with Crippen molar-refractivity contribution in [3.05, 3.63) is 35.7 Å². The molecule has 0 radical (unpaired) electrons. The molecular formula is C15H17N3O5. The highest BCUT2D eigenvalue weighted by Gasteiger charge is 2.19. The number of amides is 1. The van der Waals surface area contributed by atoms with Gasteiger partial charge in [0.05, 0.1) is 27.0 Å². The third-order valence-electron chi connectivity index (χ3n) is 3.07. The number of aryl methyl sites for hydroxylation is 1. The number of esters is 1. The van der Waals surface area contributed by atoms with E-state index in [-0.39, 0.29) is 11.4 Å². The van der Waals surface area contributed by atoms with Crippen molar-refractivity contribution in [2.24, 2.45) is 7.05 Å². The third-order valence-corrected chi connectivity index (χ3v) is 3.07. The Morgan fingerprint density at radius 2 is 1.70 bits per heavy atom. The molecule has 0 unspecified atom stereocenters. The number of rotatable bonds is 5. The number of carbonyl (C=O) groups excluding carboxylic acids is 2. The van der Waals surface area contributed by atoms with Gasteiger partial charge in [0.1, 0.15) is 11.5 Å². The number of anilines is 1. The van der Waals surface area contributed by atoms with Gasteiger partial charge in [0.25, 0.3) is 5.91 Å². The van der Waals surface area contributed by atoms with Gasteiger partial charge < -0.3 is 19.5 Å². The van der Waals surface area contributed by atoms with Crippen molar-refractivity contribution < 1.29 is 23.8 Å². The Bertz CT molecular complexity index is 716. The van der Waals surface area contributed by atoms with Crippen LogP contribution in [0.1, 0.15) is 20.8 Å². The molecule has 2 aromatic rings. The van der Waals surface area contributed by atoms with Crippen molar-refractivity contribution in [2.45, 2.75) is 0 Å². The van der Waals surface area contributed by atoms with E-state index in [1.54, 1.807) is 25.2 Å². The molecule has 2 rings (SSSR count). The first-order valence-electron chi connectivity index (χ1n) is 6.65. The van der Waals surface area contributed by atoms with Crippen LogP contribution in [0.15, 0.2) is 24.4 Å². The Hall–Kier alpha value is -3.03. The van der Waals surface area contributed by atoms with Gasteiger partial charge in [0.15, 0.2) is 5.69 Å². The van der Waals surface area contributed by atoms with Crippen molar-refractivity contribution in [3.8, 4) is 11.5 Å². The lowest BCUT2D eigenvalue weighted by Crippen LogP contribution is -2.15. The summed E-state index contributed by atoms with van der Waals surface area (Å²) >= 11 is 0. The lowest BCUT2D eigenvalue weighted by Gasteiger charge is -2.09. The van der Waals surface area contributed by atoms with Crippen LogP contribution in [0.5, 0.6) is 11.5 Å². The minimum Gasteiger partial charge on any atom is -0.497 e. The average molecular weight is 319 g/mol. The number of nitrogens with zero attached hydrogens (tertiary/aromatic N) is 2. The van der Waals surface area contributed by atoms with Gasteiger partial charge in [-0.3, -0.25) is 9.48 Å². The lowest BCUT2D eigenvalue weighted by molar-refractivity contribution is 0.0594. The summed E-state index contributed by atoms with van der Waals surface area (Å²) in [6.07, 6.45) is 1.52. The molecule has 0 bridgehead atoms. The zero-order valence-electron chi connectivity index (χ0n) is 13.2. The molecule has 0 spiro atoms. The molecule has 1 aromatic carbocycles. The van der Waals surface area contributed by atoms with Gasteiger partial charge in [0, 0.05) is 24.9 Å². The van der Waals surface area contributed by atoms with Gasteiger partial charge in [-0.15, -0.1) is 0 Å². The van der Waals surface area contributed by atoms with Crippen LogP contribution in [0.4, 0.5) is 5.69 Å². The first-order chi connectivity index (χ1) is 11.0. The minimum absolute atomic E-state index is 0.0261. The first kappa shape index (κ1) is 16.3. The number of aromatic nitrogens is 2. The minimum atomic E-state index is -0.635. The number of hydrogen-bond donors (Lipinski definition) is 1.